The lowest BCUT2D eigenvalue weighted by Crippen LogP contribution is -1.92. The van der Waals surface area contributed by atoms with Gasteiger partial charge in [0.2, 0.25) is 0 Å². The lowest BCUT2D eigenvalue weighted by atomic mass is 10.2. The van der Waals surface area contributed by atoms with Crippen molar-refractivity contribution in [3.63, 3.8) is 0 Å². The van der Waals surface area contributed by atoms with Gasteiger partial charge in [-0.2, -0.15) is 0 Å². The van der Waals surface area contributed by atoms with Crippen molar-refractivity contribution in [2.75, 3.05) is 11.5 Å². The van der Waals surface area contributed by atoms with Crippen LogP contribution in [0.3, 0.4) is 0 Å². The topological polar surface area (TPSA) is 12.4 Å². The Kier molecular flexibility index (Phi) is 8.93. The molecule has 0 heterocycles. The third-order valence-electron chi connectivity index (χ3n) is 3.85. The Morgan fingerprint density at radius 3 is 2.31 bits per heavy atom. The summed E-state index contributed by atoms with van der Waals surface area (Å²) in [5, 5.41) is 2.98. The first-order valence-electron chi connectivity index (χ1n) is 9.24. The molecule has 0 aromatic heterocycles. The van der Waals surface area contributed by atoms with Crippen LogP contribution < -0.4 is 0 Å². The molecule has 0 N–H and O–H groups in total. The molecule has 0 aliphatic heterocycles. The Labute approximate surface area is 184 Å². The van der Waals surface area contributed by atoms with Gasteiger partial charge in [0, 0.05) is 21.3 Å². The zero-order valence-corrected chi connectivity index (χ0v) is 18.6. The average Bonchev–Trinajstić information content (AvgIpc) is 2.75. The van der Waals surface area contributed by atoms with Crippen LogP contribution in [0.25, 0.3) is 0 Å². The van der Waals surface area contributed by atoms with E-state index in [4.69, 9.17) is 4.99 Å². The summed E-state index contributed by atoms with van der Waals surface area (Å²) in [6.45, 7) is 2.07. The average molecular weight is 440 g/mol. The fourth-order valence-electron chi connectivity index (χ4n) is 2.37. The molecular weight excluding hydrogens is 417 g/mol. The van der Waals surface area contributed by atoms with Gasteiger partial charge in [-0.3, -0.25) is 0 Å². The molecule has 29 heavy (non-hydrogen) atoms. The molecule has 0 spiro atoms. The zero-order valence-electron chi connectivity index (χ0n) is 16.1. The first-order valence-corrected chi connectivity index (χ1v) is 12.1. The second kappa shape index (κ2) is 11.9. The van der Waals surface area contributed by atoms with Crippen LogP contribution in [-0.2, 0) is 0 Å². The van der Waals surface area contributed by atoms with E-state index in [0.717, 1.165) is 27.1 Å². The van der Waals surface area contributed by atoms with Crippen LogP contribution in [-0.4, -0.2) is 16.5 Å². The molecule has 0 bridgehead atoms. The zero-order chi connectivity index (χ0) is 20.3. The SMILES string of the molecule is Cc1ccc(N=C(C=CSc2ccc(F)cc2)SCCSc2ccccc2)cc1. The van der Waals surface area contributed by atoms with Crippen molar-refractivity contribution in [2.45, 2.75) is 16.7 Å². The molecule has 148 valence electrons. The monoisotopic (exact) mass is 439 g/mol. The maximum absolute atomic E-state index is 13.1. The molecule has 0 amide bonds. The number of aliphatic imine (C=N–C) groups is 1. The van der Waals surface area contributed by atoms with E-state index in [1.54, 1.807) is 35.7 Å². The number of rotatable bonds is 8. The Balaban J connectivity index is 1.61. The number of nitrogens with zero attached hydrogens (tertiary/aromatic N) is 1. The summed E-state index contributed by atoms with van der Waals surface area (Å²) in [4.78, 5) is 7.09. The molecule has 3 rings (SSSR count). The summed E-state index contributed by atoms with van der Waals surface area (Å²) < 4.78 is 13.1. The van der Waals surface area contributed by atoms with Crippen LogP contribution in [0.2, 0.25) is 0 Å². The van der Waals surface area contributed by atoms with Crippen molar-refractivity contribution in [2.24, 2.45) is 4.99 Å². The van der Waals surface area contributed by atoms with Crippen molar-refractivity contribution < 1.29 is 4.39 Å². The number of aryl methyl sites for hydroxylation is 1. The maximum atomic E-state index is 13.1. The van der Waals surface area contributed by atoms with Gasteiger partial charge in [0.25, 0.3) is 0 Å². The van der Waals surface area contributed by atoms with Crippen LogP contribution in [0.15, 0.2) is 105 Å². The highest BCUT2D eigenvalue weighted by Gasteiger charge is 2.00. The molecule has 0 fully saturated rings. The number of hydrogen-bond acceptors (Lipinski definition) is 4. The van der Waals surface area contributed by atoms with Gasteiger partial charge in [-0.25, -0.2) is 9.38 Å². The molecule has 0 saturated carbocycles. The van der Waals surface area contributed by atoms with E-state index in [-0.39, 0.29) is 5.82 Å². The van der Waals surface area contributed by atoms with Gasteiger partial charge in [-0.15, -0.1) is 23.5 Å². The molecule has 1 nitrogen and oxygen atoms in total. The Morgan fingerprint density at radius 2 is 1.59 bits per heavy atom. The first-order chi connectivity index (χ1) is 14.2. The van der Waals surface area contributed by atoms with Crippen molar-refractivity contribution in [3.05, 3.63) is 102 Å². The Bertz CT molecular complexity index is 936. The van der Waals surface area contributed by atoms with E-state index >= 15 is 0 Å². The number of benzene rings is 3. The third kappa shape index (κ3) is 8.13. The number of halogens is 1. The van der Waals surface area contributed by atoms with E-state index < -0.39 is 0 Å². The Morgan fingerprint density at radius 1 is 0.862 bits per heavy atom. The minimum atomic E-state index is -0.216. The predicted molar refractivity (Wildman–Crippen MR) is 129 cm³/mol. The molecule has 5 heteroatoms. The molecule has 0 radical (unpaired) electrons. The summed E-state index contributed by atoms with van der Waals surface area (Å²) in [6, 6.07) is 25.2. The highest BCUT2D eigenvalue weighted by Crippen LogP contribution is 2.24. The molecule has 0 unspecified atom stereocenters. The Hall–Kier alpha value is -1.95. The van der Waals surface area contributed by atoms with Crippen LogP contribution in [0.4, 0.5) is 10.1 Å². The highest BCUT2D eigenvalue weighted by molar-refractivity contribution is 8.15. The normalized spacial score (nSPS) is 11.9. The molecule has 0 atom stereocenters. The number of hydrogen-bond donors (Lipinski definition) is 0. The minimum absolute atomic E-state index is 0.216. The van der Waals surface area contributed by atoms with Gasteiger partial charge in [0.05, 0.1) is 10.7 Å². The summed E-state index contributed by atoms with van der Waals surface area (Å²) >= 11 is 5.16. The van der Waals surface area contributed by atoms with E-state index in [2.05, 4.69) is 43.3 Å². The maximum Gasteiger partial charge on any atom is 0.123 e. The van der Waals surface area contributed by atoms with E-state index in [0.29, 0.717) is 0 Å². The summed E-state index contributed by atoms with van der Waals surface area (Å²) in [5.41, 5.74) is 2.17. The fraction of sp³-hybridized carbons (Fsp3) is 0.125. The molecule has 3 aromatic rings. The summed E-state index contributed by atoms with van der Waals surface area (Å²) in [5.74, 6) is 1.77. The molecular formula is C24H22FNS3. The quantitative estimate of drug-likeness (QED) is 0.153. The fourth-order valence-corrected chi connectivity index (χ4v) is 4.90. The van der Waals surface area contributed by atoms with Gasteiger partial charge < -0.3 is 0 Å². The van der Waals surface area contributed by atoms with Crippen molar-refractivity contribution in [1.29, 1.82) is 0 Å². The smallest absolute Gasteiger partial charge is 0.123 e. The lowest BCUT2D eigenvalue weighted by molar-refractivity contribution is 0.626. The van der Waals surface area contributed by atoms with Crippen LogP contribution >= 0.6 is 35.3 Å². The second-order valence-corrected chi connectivity index (χ2v) is 9.43. The van der Waals surface area contributed by atoms with Crippen molar-refractivity contribution in [3.8, 4) is 0 Å². The van der Waals surface area contributed by atoms with E-state index in [1.165, 1.54) is 22.6 Å². The van der Waals surface area contributed by atoms with Gasteiger partial charge in [-0.1, -0.05) is 47.7 Å². The minimum Gasteiger partial charge on any atom is -0.242 e. The second-order valence-electron chi connectivity index (χ2n) is 6.17. The van der Waals surface area contributed by atoms with Gasteiger partial charge in [0.1, 0.15) is 5.82 Å². The number of thioether (sulfide) groups is 3. The highest BCUT2D eigenvalue weighted by atomic mass is 32.2. The van der Waals surface area contributed by atoms with Crippen LogP contribution in [0.5, 0.6) is 0 Å². The summed E-state index contributed by atoms with van der Waals surface area (Å²) in [7, 11) is 0. The molecule has 0 aliphatic carbocycles. The standard InChI is InChI=1S/C24H22FNS3/c1-19-7-11-21(12-8-19)26-24(15-16-27-23-13-9-20(25)10-14-23)29-18-17-28-22-5-3-2-4-6-22/h2-16H,17-18H2,1H3. The van der Waals surface area contributed by atoms with E-state index in [1.807, 2.05) is 41.4 Å². The van der Waals surface area contributed by atoms with Crippen molar-refractivity contribution in [1.82, 2.24) is 0 Å². The van der Waals surface area contributed by atoms with Gasteiger partial charge in [-0.05, 0) is 66.9 Å². The van der Waals surface area contributed by atoms with Crippen LogP contribution in [0.1, 0.15) is 5.56 Å². The van der Waals surface area contributed by atoms with Gasteiger partial charge >= 0.3 is 0 Å². The first kappa shape index (κ1) is 21.8. The largest absolute Gasteiger partial charge is 0.242 e. The van der Waals surface area contributed by atoms with Gasteiger partial charge in [0.15, 0.2) is 0 Å². The van der Waals surface area contributed by atoms with Crippen LogP contribution in [0, 0.1) is 12.7 Å². The van der Waals surface area contributed by atoms with Crippen molar-refractivity contribution >= 4 is 46.0 Å². The summed E-state index contributed by atoms with van der Waals surface area (Å²) in [6.07, 6.45) is 2.03. The predicted octanol–water partition coefficient (Wildman–Crippen LogP) is 8.00. The third-order valence-corrected chi connectivity index (χ3v) is 6.87. The van der Waals surface area contributed by atoms with E-state index in [9.17, 15) is 4.39 Å². The molecule has 0 aliphatic rings. The molecule has 3 aromatic carbocycles. The lowest BCUT2D eigenvalue weighted by Gasteiger charge is -2.04. The molecule has 0 saturated heterocycles.